The number of methoxy groups -OCH3 is 2. The lowest BCUT2D eigenvalue weighted by atomic mass is 10.2. The maximum atomic E-state index is 10.8. The van der Waals surface area contributed by atoms with E-state index in [4.69, 9.17) is 14.2 Å². The highest BCUT2D eigenvalue weighted by molar-refractivity contribution is 7.13. The van der Waals surface area contributed by atoms with Crippen LogP contribution < -0.4 is 14.2 Å². The summed E-state index contributed by atoms with van der Waals surface area (Å²) in [5.74, 6) is 1.88. The first kappa shape index (κ1) is 17.0. The Hall–Kier alpha value is -2.86. The van der Waals surface area contributed by atoms with E-state index in [1.807, 2.05) is 29.6 Å². The minimum Gasteiger partial charge on any atom is -0.496 e. The molecule has 0 aliphatic rings. The summed E-state index contributed by atoms with van der Waals surface area (Å²) in [6.07, 6.45) is 0.770. The summed E-state index contributed by atoms with van der Waals surface area (Å²) < 4.78 is 16.4. The van der Waals surface area contributed by atoms with Crippen molar-refractivity contribution in [1.82, 2.24) is 4.98 Å². The number of benzene rings is 2. The summed E-state index contributed by atoms with van der Waals surface area (Å²) in [6, 6.07) is 12.8. The molecule has 0 aliphatic carbocycles. The molecule has 25 heavy (non-hydrogen) atoms. The number of hydrogen-bond acceptors (Lipinski definition) is 6. The van der Waals surface area contributed by atoms with Crippen LogP contribution in [0.3, 0.4) is 0 Å². The first-order chi connectivity index (χ1) is 12.2. The van der Waals surface area contributed by atoms with Gasteiger partial charge in [0.2, 0.25) is 0 Å². The van der Waals surface area contributed by atoms with Crippen molar-refractivity contribution in [3.05, 3.63) is 59.1 Å². The molecule has 5 nitrogen and oxygen atoms in total. The van der Waals surface area contributed by atoms with Crippen molar-refractivity contribution in [2.24, 2.45) is 0 Å². The first-order valence-electron chi connectivity index (χ1n) is 7.59. The van der Waals surface area contributed by atoms with Crippen LogP contribution in [-0.4, -0.2) is 25.5 Å². The van der Waals surface area contributed by atoms with Gasteiger partial charge in [-0.2, -0.15) is 0 Å². The van der Waals surface area contributed by atoms with Gasteiger partial charge in [-0.15, -0.1) is 11.3 Å². The lowest BCUT2D eigenvalue weighted by Gasteiger charge is -2.10. The van der Waals surface area contributed by atoms with E-state index in [9.17, 15) is 4.79 Å². The fraction of sp³-hybridized carbons (Fsp3) is 0.158. The normalized spacial score (nSPS) is 10.3. The number of carbonyl (C=O) groups excluding carboxylic acids is 1. The Kier molecular flexibility index (Phi) is 5.30. The zero-order valence-corrected chi connectivity index (χ0v) is 14.7. The molecular weight excluding hydrogens is 338 g/mol. The predicted molar refractivity (Wildman–Crippen MR) is 96.8 cm³/mol. The van der Waals surface area contributed by atoms with Crippen molar-refractivity contribution in [2.45, 2.75) is 6.61 Å². The standard InChI is InChI=1S/C19H17NO4S/c1-22-16-6-4-3-5-15(16)19-20-14(12-25-19)11-24-17-8-7-13(10-21)9-18(17)23-2/h3-10,12H,11H2,1-2H3. The molecule has 0 bridgehead atoms. The molecule has 3 aromatic rings. The van der Waals surface area contributed by atoms with Crippen molar-refractivity contribution >= 4 is 17.6 Å². The fourth-order valence-corrected chi connectivity index (χ4v) is 3.18. The molecule has 0 fully saturated rings. The molecule has 6 heteroatoms. The van der Waals surface area contributed by atoms with Gasteiger partial charge in [-0.3, -0.25) is 4.79 Å². The summed E-state index contributed by atoms with van der Waals surface area (Å²) in [4.78, 5) is 15.4. The van der Waals surface area contributed by atoms with E-state index in [0.29, 0.717) is 23.7 Å². The molecule has 3 rings (SSSR count). The Morgan fingerprint density at radius 2 is 1.84 bits per heavy atom. The zero-order chi connectivity index (χ0) is 17.6. The van der Waals surface area contributed by atoms with Gasteiger partial charge in [0.25, 0.3) is 0 Å². The molecule has 1 heterocycles. The smallest absolute Gasteiger partial charge is 0.161 e. The Labute approximate surface area is 149 Å². The summed E-state index contributed by atoms with van der Waals surface area (Å²) in [7, 11) is 3.19. The monoisotopic (exact) mass is 355 g/mol. The Morgan fingerprint density at radius 1 is 1.04 bits per heavy atom. The minimum atomic E-state index is 0.308. The van der Waals surface area contributed by atoms with Crippen LogP contribution in [0, 0.1) is 0 Å². The molecule has 2 aromatic carbocycles. The number of para-hydroxylation sites is 1. The van der Waals surface area contributed by atoms with Crippen LogP contribution >= 0.6 is 11.3 Å². The van der Waals surface area contributed by atoms with Crippen molar-refractivity contribution in [1.29, 1.82) is 0 Å². The highest BCUT2D eigenvalue weighted by atomic mass is 32.1. The number of aromatic nitrogens is 1. The average molecular weight is 355 g/mol. The Morgan fingerprint density at radius 3 is 2.60 bits per heavy atom. The molecule has 0 N–H and O–H groups in total. The molecule has 0 saturated carbocycles. The number of rotatable bonds is 7. The van der Waals surface area contributed by atoms with Crippen LogP contribution in [0.1, 0.15) is 16.1 Å². The van der Waals surface area contributed by atoms with Crippen LogP contribution in [-0.2, 0) is 6.61 Å². The van der Waals surface area contributed by atoms with Crippen LogP contribution in [0.5, 0.6) is 17.2 Å². The molecular formula is C19H17NO4S. The van der Waals surface area contributed by atoms with Crippen LogP contribution in [0.15, 0.2) is 47.8 Å². The van der Waals surface area contributed by atoms with Crippen molar-refractivity contribution in [3.8, 4) is 27.8 Å². The third-order valence-electron chi connectivity index (χ3n) is 3.59. The molecule has 0 atom stereocenters. The number of aldehydes is 1. The van der Waals surface area contributed by atoms with Gasteiger partial charge in [-0.1, -0.05) is 12.1 Å². The quantitative estimate of drug-likeness (QED) is 0.594. The predicted octanol–water partition coefficient (Wildman–Crippen LogP) is 4.22. The van der Waals surface area contributed by atoms with E-state index in [-0.39, 0.29) is 0 Å². The molecule has 0 saturated heterocycles. The van der Waals surface area contributed by atoms with Crippen molar-refractivity contribution < 1.29 is 19.0 Å². The highest BCUT2D eigenvalue weighted by Crippen LogP contribution is 2.33. The summed E-state index contributed by atoms with van der Waals surface area (Å²) in [5, 5.41) is 2.83. The summed E-state index contributed by atoms with van der Waals surface area (Å²) >= 11 is 1.53. The van der Waals surface area contributed by atoms with E-state index in [2.05, 4.69) is 4.98 Å². The fourth-order valence-electron chi connectivity index (χ4n) is 2.35. The number of thiazole rings is 1. The van der Waals surface area contributed by atoms with Gasteiger partial charge in [0, 0.05) is 10.9 Å². The zero-order valence-electron chi connectivity index (χ0n) is 13.9. The van der Waals surface area contributed by atoms with E-state index in [0.717, 1.165) is 28.3 Å². The van der Waals surface area contributed by atoms with Gasteiger partial charge in [0.15, 0.2) is 11.5 Å². The van der Waals surface area contributed by atoms with Gasteiger partial charge in [0.05, 0.1) is 25.5 Å². The number of ether oxygens (including phenoxy) is 3. The molecule has 128 valence electrons. The molecule has 0 radical (unpaired) electrons. The van der Waals surface area contributed by atoms with E-state index >= 15 is 0 Å². The SMILES string of the molecule is COc1cc(C=O)ccc1OCc1csc(-c2ccccc2OC)n1. The Bertz CT molecular complexity index is 875. The van der Waals surface area contributed by atoms with Crippen molar-refractivity contribution in [2.75, 3.05) is 14.2 Å². The topological polar surface area (TPSA) is 57.7 Å². The number of nitrogens with zero attached hydrogens (tertiary/aromatic N) is 1. The van der Waals surface area contributed by atoms with Gasteiger partial charge >= 0.3 is 0 Å². The van der Waals surface area contributed by atoms with Gasteiger partial charge in [0.1, 0.15) is 23.7 Å². The first-order valence-corrected chi connectivity index (χ1v) is 8.47. The van der Waals surface area contributed by atoms with Crippen LogP contribution in [0.25, 0.3) is 10.6 Å². The van der Waals surface area contributed by atoms with E-state index < -0.39 is 0 Å². The molecule has 0 aliphatic heterocycles. The second-order valence-electron chi connectivity index (χ2n) is 5.16. The summed E-state index contributed by atoms with van der Waals surface area (Å²) in [5.41, 5.74) is 2.30. The van der Waals surface area contributed by atoms with Crippen molar-refractivity contribution in [3.63, 3.8) is 0 Å². The highest BCUT2D eigenvalue weighted by Gasteiger charge is 2.11. The average Bonchev–Trinajstić information content (AvgIpc) is 3.15. The van der Waals surface area contributed by atoms with E-state index in [1.165, 1.54) is 11.3 Å². The third-order valence-corrected chi connectivity index (χ3v) is 4.51. The maximum Gasteiger partial charge on any atom is 0.161 e. The van der Waals surface area contributed by atoms with Gasteiger partial charge < -0.3 is 14.2 Å². The van der Waals surface area contributed by atoms with Crippen LogP contribution in [0.4, 0.5) is 0 Å². The summed E-state index contributed by atoms with van der Waals surface area (Å²) in [6.45, 7) is 0.308. The van der Waals surface area contributed by atoms with E-state index in [1.54, 1.807) is 32.4 Å². The Balaban J connectivity index is 1.75. The molecule has 1 aromatic heterocycles. The minimum absolute atomic E-state index is 0.308. The molecule has 0 spiro atoms. The van der Waals surface area contributed by atoms with Crippen LogP contribution in [0.2, 0.25) is 0 Å². The maximum absolute atomic E-state index is 10.8. The largest absolute Gasteiger partial charge is 0.496 e. The third kappa shape index (κ3) is 3.80. The second-order valence-corrected chi connectivity index (χ2v) is 6.02. The molecule has 0 unspecified atom stereocenters. The molecule has 0 amide bonds. The lowest BCUT2D eigenvalue weighted by Crippen LogP contribution is -1.99. The van der Waals surface area contributed by atoms with Gasteiger partial charge in [-0.05, 0) is 30.3 Å². The lowest BCUT2D eigenvalue weighted by molar-refractivity contribution is 0.112. The second kappa shape index (κ2) is 7.81. The number of hydrogen-bond donors (Lipinski definition) is 0. The van der Waals surface area contributed by atoms with Gasteiger partial charge in [-0.25, -0.2) is 4.98 Å². The number of carbonyl (C=O) groups is 1.